The van der Waals surface area contributed by atoms with Gasteiger partial charge in [-0.3, -0.25) is 4.79 Å². The lowest BCUT2D eigenvalue weighted by Crippen LogP contribution is -2.21. The van der Waals surface area contributed by atoms with Crippen molar-refractivity contribution in [3.63, 3.8) is 0 Å². The smallest absolute Gasteiger partial charge is 0.199 e. The molecule has 0 N–H and O–H groups in total. The zero-order chi connectivity index (χ0) is 30.3. The van der Waals surface area contributed by atoms with Crippen molar-refractivity contribution in [3.8, 4) is 0 Å². The van der Waals surface area contributed by atoms with Crippen LogP contribution in [0.25, 0.3) is 22.1 Å². The van der Waals surface area contributed by atoms with Crippen molar-refractivity contribution in [2.45, 2.75) is 19.3 Å². The van der Waals surface area contributed by atoms with Gasteiger partial charge in [0.05, 0.1) is 6.61 Å². The van der Waals surface area contributed by atoms with E-state index < -0.39 is 0 Å². The molecule has 0 radical (unpaired) electrons. The van der Waals surface area contributed by atoms with Crippen LogP contribution in [-0.2, 0) is 9.53 Å². The zero-order valence-corrected chi connectivity index (χ0v) is 25.5. The van der Waals surface area contributed by atoms with Gasteiger partial charge in [-0.1, -0.05) is 41.5 Å². The molecule has 0 saturated carbocycles. The first-order valence-corrected chi connectivity index (χ1v) is 14.3. The monoisotopic (exact) mass is 567 g/mol. The molecule has 42 heavy (non-hydrogen) atoms. The highest BCUT2D eigenvalue weighted by molar-refractivity contribution is 6.03. The van der Waals surface area contributed by atoms with Gasteiger partial charge in [-0.15, -0.1) is 0 Å². The van der Waals surface area contributed by atoms with E-state index in [0.717, 1.165) is 28.0 Å². The molecule has 3 rings (SSSR count). The molecular weight excluding hydrogens is 524 g/mol. The van der Waals surface area contributed by atoms with Gasteiger partial charge in [-0.25, -0.2) is 4.58 Å². The molecule has 1 aliphatic rings. The number of benzene rings is 2. The first kappa shape index (κ1) is 32.1. The van der Waals surface area contributed by atoms with Crippen molar-refractivity contribution in [2.75, 3.05) is 71.3 Å². The van der Waals surface area contributed by atoms with Crippen LogP contribution < -0.4 is 9.80 Å². The van der Waals surface area contributed by atoms with Gasteiger partial charge in [0.2, 0.25) is 0 Å². The van der Waals surface area contributed by atoms with Crippen LogP contribution in [0.4, 0.5) is 11.4 Å². The summed E-state index contributed by atoms with van der Waals surface area (Å²) in [5.41, 5.74) is 16.2. The van der Waals surface area contributed by atoms with E-state index >= 15 is 0 Å². The second kappa shape index (κ2) is 16.8. The maximum Gasteiger partial charge on any atom is 0.199 e. The van der Waals surface area contributed by atoms with Gasteiger partial charge in [-0.2, -0.15) is 0 Å². The predicted molar refractivity (Wildman–Crippen MR) is 176 cm³/mol. The average Bonchev–Trinajstić information content (AvgIpc) is 3.00. The molecule has 0 bridgehead atoms. The Labute approximate surface area is 250 Å². The molecule has 2 aromatic carbocycles. The van der Waals surface area contributed by atoms with E-state index in [1.807, 2.05) is 35.2 Å². The number of ether oxygens (including phenoxy) is 1. The van der Waals surface area contributed by atoms with E-state index in [9.17, 15) is 4.79 Å². The third-order valence-corrected chi connectivity index (χ3v) is 7.03. The van der Waals surface area contributed by atoms with Crippen LogP contribution in [0.1, 0.15) is 30.4 Å². The SMILES string of the molecule is CN(C)c1ccc(C(/C=C/c2ccc(N(C)CCC(=O)CCCOCCN=[N+]=[N-])cc2)=C2C=CC(=[N+](C)C)C=C2)cc1. The molecule has 0 aromatic heterocycles. The van der Waals surface area contributed by atoms with Crippen molar-refractivity contribution in [2.24, 2.45) is 5.11 Å². The van der Waals surface area contributed by atoms with Crippen LogP contribution in [-0.4, -0.2) is 77.6 Å². The van der Waals surface area contributed by atoms with Crippen molar-refractivity contribution >= 4 is 34.5 Å². The van der Waals surface area contributed by atoms with E-state index in [4.69, 9.17) is 10.3 Å². The molecule has 0 heterocycles. The fraction of sp³-hybridized carbons (Fsp3) is 0.353. The summed E-state index contributed by atoms with van der Waals surface area (Å²) in [5, 5.41) is 3.42. The van der Waals surface area contributed by atoms with Gasteiger partial charge in [0.1, 0.15) is 19.9 Å². The largest absolute Gasteiger partial charge is 0.381 e. The van der Waals surface area contributed by atoms with Gasteiger partial charge < -0.3 is 14.5 Å². The highest BCUT2D eigenvalue weighted by atomic mass is 16.5. The lowest BCUT2D eigenvalue weighted by Gasteiger charge is -2.19. The minimum absolute atomic E-state index is 0.223. The zero-order valence-electron chi connectivity index (χ0n) is 25.5. The van der Waals surface area contributed by atoms with Gasteiger partial charge in [-0.05, 0) is 70.6 Å². The van der Waals surface area contributed by atoms with Gasteiger partial charge in [0, 0.05) is 82.1 Å². The van der Waals surface area contributed by atoms with Gasteiger partial charge >= 0.3 is 0 Å². The van der Waals surface area contributed by atoms with E-state index in [-0.39, 0.29) is 5.78 Å². The summed E-state index contributed by atoms with van der Waals surface area (Å²) in [6.45, 7) is 1.87. The molecule has 0 amide bonds. The van der Waals surface area contributed by atoms with Crippen LogP contribution in [0.2, 0.25) is 0 Å². The Hall–Kier alpha value is -4.39. The number of azide groups is 1. The molecular formula is C34H43N6O2+. The lowest BCUT2D eigenvalue weighted by atomic mass is 9.95. The maximum absolute atomic E-state index is 12.3. The summed E-state index contributed by atoms with van der Waals surface area (Å²) in [5.74, 6) is 0.223. The van der Waals surface area contributed by atoms with Gasteiger partial charge in [0.25, 0.3) is 0 Å². The molecule has 8 heteroatoms. The van der Waals surface area contributed by atoms with E-state index in [2.05, 4.69) is 109 Å². The third-order valence-electron chi connectivity index (χ3n) is 7.03. The lowest BCUT2D eigenvalue weighted by molar-refractivity contribution is -0.462. The molecule has 0 aliphatic heterocycles. The van der Waals surface area contributed by atoms with Crippen molar-refractivity contribution < 1.29 is 14.1 Å². The number of rotatable bonds is 15. The van der Waals surface area contributed by atoms with E-state index in [1.165, 1.54) is 11.4 Å². The molecule has 0 spiro atoms. The summed E-state index contributed by atoms with van der Waals surface area (Å²) in [6.07, 6.45) is 14.6. The number of hydrogen-bond donors (Lipinski definition) is 0. The second-order valence-corrected chi connectivity index (χ2v) is 10.6. The molecule has 0 unspecified atom stereocenters. The first-order valence-electron chi connectivity index (χ1n) is 14.3. The topological polar surface area (TPSA) is 84.6 Å². The van der Waals surface area contributed by atoms with Crippen LogP contribution in [0.15, 0.2) is 89.6 Å². The highest BCUT2D eigenvalue weighted by Gasteiger charge is 2.10. The van der Waals surface area contributed by atoms with E-state index in [1.54, 1.807) is 0 Å². The van der Waals surface area contributed by atoms with Crippen LogP contribution in [0.5, 0.6) is 0 Å². The fourth-order valence-corrected chi connectivity index (χ4v) is 4.43. The first-order chi connectivity index (χ1) is 20.3. The number of nitrogens with zero attached hydrogens (tertiary/aromatic N) is 6. The summed E-state index contributed by atoms with van der Waals surface area (Å²) in [6, 6.07) is 17.1. The number of anilines is 2. The van der Waals surface area contributed by atoms with E-state index in [0.29, 0.717) is 45.6 Å². The van der Waals surface area contributed by atoms with Crippen molar-refractivity contribution in [1.82, 2.24) is 0 Å². The summed E-state index contributed by atoms with van der Waals surface area (Å²) in [7, 11) is 10.2. The molecule has 8 nitrogen and oxygen atoms in total. The predicted octanol–water partition coefficient (Wildman–Crippen LogP) is 6.56. The average molecular weight is 568 g/mol. The Bertz CT molecular complexity index is 1370. The Morgan fingerprint density at radius 2 is 1.60 bits per heavy atom. The standard InChI is InChI=1S/C34H43N6O2/c1-38(2)30-17-11-28(12-18-30)34(29-13-19-31(20-14-29)39(3)4)21-10-27-8-15-32(16-9-27)40(5)24-22-33(41)7-6-25-42-26-23-36-37-35/h8-21H,6-7,22-26H2,1-5H3/q+1. The maximum atomic E-state index is 12.3. The molecule has 1 aliphatic carbocycles. The summed E-state index contributed by atoms with van der Waals surface area (Å²) in [4.78, 5) is 19.2. The summed E-state index contributed by atoms with van der Waals surface area (Å²) >= 11 is 0. The Morgan fingerprint density at radius 1 is 0.929 bits per heavy atom. The number of carbonyl (C=O) groups excluding carboxylic acids is 1. The van der Waals surface area contributed by atoms with Crippen LogP contribution >= 0.6 is 0 Å². The van der Waals surface area contributed by atoms with Gasteiger partial charge in [0.15, 0.2) is 5.71 Å². The van der Waals surface area contributed by atoms with Crippen LogP contribution in [0, 0.1) is 0 Å². The minimum Gasteiger partial charge on any atom is -0.381 e. The number of allylic oxidation sites excluding steroid dienone is 7. The number of ketones is 1. The second-order valence-electron chi connectivity index (χ2n) is 10.6. The van der Waals surface area contributed by atoms with Crippen molar-refractivity contribution in [1.29, 1.82) is 0 Å². The molecule has 0 fully saturated rings. The van der Waals surface area contributed by atoms with Crippen molar-refractivity contribution in [3.05, 3.63) is 106 Å². The molecule has 0 atom stereocenters. The fourth-order valence-electron chi connectivity index (χ4n) is 4.43. The quantitative estimate of drug-likeness (QED) is 0.0802. The number of Topliss-reactive ketones (excluding diaryl/α,β-unsaturated/α-hetero) is 1. The third kappa shape index (κ3) is 10.2. The number of hydrogen-bond acceptors (Lipinski definition) is 5. The molecule has 2 aromatic rings. The number of carbonyl (C=O) groups is 1. The molecule has 0 saturated heterocycles. The Morgan fingerprint density at radius 3 is 2.21 bits per heavy atom. The normalized spacial score (nSPS) is 12.4. The highest BCUT2D eigenvalue weighted by Crippen LogP contribution is 2.27. The molecule has 220 valence electrons. The summed E-state index contributed by atoms with van der Waals surface area (Å²) < 4.78 is 7.47. The Balaban J connectivity index is 1.63. The minimum atomic E-state index is 0.223. The Kier molecular flexibility index (Phi) is 12.8. The van der Waals surface area contributed by atoms with Crippen LogP contribution in [0.3, 0.4) is 0 Å².